The fourth-order valence-corrected chi connectivity index (χ4v) is 5.22. The van der Waals surface area contributed by atoms with Crippen LogP contribution in [0.3, 0.4) is 0 Å². The maximum absolute atomic E-state index is 13.7. The third-order valence-electron chi connectivity index (χ3n) is 6.80. The van der Waals surface area contributed by atoms with Crippen LogP contribution >= 0.6 is 15.9 Å². The van der Waals surface area contributed by atoms with Crippen molar-refractivity contribution in [1.29, 1.82) is 0 Å². The second kappa shape index (κ2) is 10.9. The van der Waals surface area contributed by atoms with Crippen LogP contribution in [0.25, 0.3) is 16.6 Å². The van der Waals surface area contributed by atoms with E-state index in [0.717, 1.165) is 15.9 Å². The van der Waals surface area contributed by atoms with Gasteiger partial charge in [-0.15, -0.1) is 0 Å². The van der Waals surface area contributed by atoms with Crippen molar-refractivity contribution < 1.29 is 9.53 Å². The number of piperazine rings is 1. The monoisotopic (exact) mass is 560 g/mol. The number of carbonyl (C=O) groups is 1. The number of rotatable bonds is 6. The zero-order valence-electron chi connectivity index (χ0n) is 20.9. The van der Waals surface area contributed by atoms with Gasteiger partial charge in [0.1, 0.15) is 11.6 Å². The molecule has 0 bridgehead atoms. The van der Waals surface area contributed by atoms with Crippen molar-refractivity contribution in [2.45, 2.75) is 19.9 Å². The molecule has 0 radical (unpaired) electrons. The highest BCUT2D eigenvalue weighted by Gasteiger charge is 2.28. The number of benzene rings is 3. The molecule has 190 valence electrons. The topological polar surface area (TPSA) is 67.7 Å². The summed E-state index contributed by atoms with van der Waals surface area (Å²) in [5.41, 5.74) is 2.01. The molecule has 0 spiro atoms. The van der Waals surface area contributed by atoms with Crippen molar-refractivity contribution in [2.24, 2.45) is 0 Å². The van der Waals surface area contributed by atoms with Crippen molar-refractivity contribution >= 4 is 32.7 Å². The van der Waals surface area contributed by atoms with E-state index in [1.165, 1.54) is 0 Å². The van der Waals surface area contributed by atoms with Crippen LogP contribution in [0.1, 0.15) is 36.1 Å². The Morgan fingerprint density at radius 2 is 1.73 bits per heavy atom. The standard InChI is InChI=1S/C29H29BrN4O3/c1-3-37-24-13-11-23(12-14-24)34-27(31-26-10-5-4-9-25(26)29(34)36)20(2)32-15-17-33(18-16-32)28(35)21-7-6-8-22(30)19-21/h4-14,19-20H,3,15-18H2,1-2H3. The molecule has 1 atom stereocenters. The number of ether oxygens (including phenoxy) is 1. The molecule has 0 saturated carbocycles. The van der Waals surface area contributed by atoms with Crippen LogP contribution < -0.4 is 10.3 Å². The van der Waals surface area contributed by atoms with Gasteiger partial charge in [-0.1, -0.05) is 34.1 Å². The number of halogens is 1. The minimum atomic E-state index is -0.132. The van der Waals surface area contributed by atoms with Crippen LogP contribution in [0.2, 0.25) is 0 Å². The Kier molecular flexibility index (Phi) is 7.39. The number of carbonyl (C=O) groups excluding carboxylic acids is 1. The van der Waals surface area contributed by atoms with Gasteiger partial charge >= 0.3 is 0 Å². The van der Waals surface area contributed by atoms with E-state index in [4.69, 9.17) is 9.72 Å². The Morgan fingerprint density at radius 3 is 2.43 bits per heavy atom. The van der Waals surface area contributed by atoms with Crippen LogP contribution in [0.5, 0.6) is 5.75 Å². The van der Waals surface area contributed by atoms with E-state index in [-0.39, 0.29) is 17.5 Å². The first-order chi connectivity index (χ1) is 18.0. The van der Waals surface area contributed by atoms with E-state index < -0.39 is 0 Å². The lowest BCUT2D eigenvalue weighted by Crippen LogP contribution is -2.50. The first-order valence-corrected chi connectivity index (χ1v) is 13.3. The summed E-state index contributed by atoms with van der Waals surface area (Å²) in [6, 6.07) is 22.4. The minimum Gasteiger partial charge on any atom is -0.494 e. The third kappa shape index (κ3) is 5.17. The van der Waals surface area contributed by atoms with Gasteiger partial charge in [-0.05, 0) is 68.4 Å². The highest BCUT2D eigenvalue weighted by molar-refractivity contribution is 9.10. The first-order valence-electron chi connectivity index (χ1n) is 12.5. The van der Waals surface area contributed by atoms with E-state index in [0.29, 0.717) is 55.1 Å². The quantitative estimate of drug-likeness (QED) is 0.329. The van der Waals surface area contributed by atoms with Gasteiger partial charge in [-0.2, -0.15) is 0 Å². The second-order valence-corrected chi connectivity index (χ2v) is 9.98. The summed E-state index contributed by atoms with van der Waals surface area (Å²) >= 11 is 3.45. The van der Waals surface area contributed by atoms with Gasteiger partial charge in [0.25, 0.3) is 11.5 Å². The molecule has 1 aromatic heterocycles. The normalized spacial score (nSPS) is 15.1. The lowest BCUT2D eigenvalue weighted by atomic mass is 10.1. The largest absolute Gasteiger partial charge is 0.494 e. The fourth-order valence-electron chi connectivity index (χ4n) is 4.82. The van der Waals surface area contributed by atoms with Crippen molar-refractivity contribution in [3.8, 4) is 11.4 Å². The Balaban J connectivity index is 1.44. The number of hydrogen-bond donors (Lipinski definition) is 0. The smallest absolute Gasteiger partial charge is 0.266 e. The van der Waals surface area contributed by atoms with Crippen LogP contribution in [0.4, 0.5) is 0 Å². The molecule has 1 aliphatic heterocycles. The van der Waals surface area contributed by atoms with Gasteiger partial charge in [0.05, 0.1) is 29.2 Å². The van der Waals surface area contributed by atoms with Crippen LogP contribution in [0.15, 0.2) is 82.1 Å². The molecule has 1 saturated heterocycles. The molecule has 2 heterocycles. The van der Waals surface area contributed by atoms with E-state index in [1.807, 2.05) is 84.6 Å². The summed E-state index contributed by atoms with van der Waals surface area (Å²) in [5, 5.41) is 0.580. The zero-order valence-corrected chi connectivity index (χ0v) is 22.5. The van der Waals surface area contributed by atoms with E-state index >= 15 is 0 Å². The van der Waals surface area contributed by atoms with E-state index in [2.05, 4.69) is 27.8 Å². The van der Waals surface area contributed by atoms with E-state index in [1.54, 1.807) is 4.57 Å². The third-order valence-corrected chi connectivity index (χ3v) is 7.30. The van der Waals surface area contributed by atoms with Gasteiger partial charge < -0.3 is 9.64 Å². The summed E-state index contributed by atoms with van der Waals surface area (Å²) in [7, 11) is 0. The lowest BCUT2D eigenvalue weighted by Gasteiger charge is -2.38. The zero-order chi connectivity index (χ0) is 25.9. The van der Waals surface area contributed by atoms with Gasteiger partial charge in [0, 0.05) is 36.2 Å². The Morgan fingerprint density at radius 1 is 1.00 bits per heavy atom. The number of para-hydroxylation sites is 1. The van der Waals surface area contributed by atoms with Crippen molar-refractivity contribution in [1.82, 2.24) is 19.4 Å². The Hall–Kier alpha value is -3.49. The fraction of sp³-hybridized carbons (Fsp3) is 0.276. The minimum absolute atomic E-state index is 0.0312. The highest BCUT2D eigenvalue weighted by Crippen LogP contribution is 2.25. The molecule has 1 unspecified atom stereocenters. The summed E-state index contributed by atoms with van der Waals surface area (Å²) < 4.78 is 8.19. The molecule has 37 heavy (non-hydrogen) atoms. The summed E-state index contributed by atoms with van der Waals surface area (Å²) in [5.74, 6) is 1.47. The molecule has 1 amide bonds. The predicted octanol–water partition coefficient (Wildman–Crippen LogP) is 5.07. The molecule has 5 rings (SSSR count). The first kappa shape index (κ1) is 25.2. The molecule has 1 fully saturated rings. The number of aromatic nitrogens is 2. The molecular formula is C29H29BrN4O3. The second-order valence-electron chi connectivity index (χ2n) is 9.07. The van der Waals surface area contributed by atoms with Gasteiger partial charge in [0.15, 0.2) is 0 Å². The predicted molar refractivity (Wildman–Crippen MR) is 149 cm³/mol. The maximum atomic E-state index is 13.7. The molecular weight excluding hydrogens is 532 g/mol. The number of hydrogen-bond acceptors (Lipinski definition) is 5. The SMILES string of the molecule is CCOc1ccc(-n2c(C(C)N3CCN(C(=O)c4cccc(Br)c4)CC3)nc3ccccc3c2=O)cc1. The molecule has 8 heteroatoms. The molecule has 3 aromatic carbocycles. The maximum Gasteiger partial charge on any atom is 0.266 e. The van der Waals surface area contributed by atoms with E-state index in [9.17, 15) is 9.59 Å². The van der Waals surface area contributed by atoms with Crippen LogP contribution in [-0.2, 0) is 0 Å². The summed E-state index contributed by atoms with van der Waals surface area (Å²) in [4.78, 5) is 35.8. The van der Waals surface area contributed by atoms with Crippen molar-refractivity contribution in [3.05, 3.63) is 99.0 Å². The molecule has 7 nitrogen and oxygen atoms in total. The molecule has 0 N–H and O–H groups in total. The highest BCUT2D eigenvalue weighted by atomic mass is 79.9. The lowest BCUT2D eigenvalue weighted by molar-refractivity contribution is 0.0573. The molecule has 1 aliphatic rings. The number of nitrogens with zero attached hydrogens (tertiary/aromatic N) is 4. The van der Waals surface area contributed by atoms with Crippen molar-refractivity contribution in [3.63, 3.8) is 0 Å². The number of fused-ring (bicyclic) bond motifs is 1. The number of amides is 1. The average molecular weight is 561 g/mol. The Labute approximate surface area is 224 Å². The van der Waals surface area contributed by atoms with Gasteiger partial charge in [0.2, 0.25) is 0 Å². The van der Waals surface area contributed by atoms with Crippen LogP contribution in [-0.4, -0.2) is 58.0 Å². The Bertz CT molecular complexity index is 1480. The molecule has 4 aromatic rings. The van der Waals surface area contributed by atoms with Crippen LogP contribution in [0, 0.1) is 0 Å². The van der Waals surface area contributed by atoms with Gasteiger partial charge in [-0.3, -0.25) is 19.1 Å². The summed E-state index contributed by atoms with van der Waals surface area (Å²) in [6.45, 7) is 7.19. The average Bonchev–Trinajstić information content (AvgIpc) is 2.93. The van der Waals surface area contributed by atoms with Gasteiger partial charge in [-0.25, -0.2) is 4.98 Å². The molecule has 0 aliphatic carbocycles. The van der Waals surface area contributed by atoms with Crippen molar-refractivity contribution in [2.75, 3.05) is 32.8 Å². The summed E-state index contributed by atoms with van der Waals surface area (Å²) in [6.07, 6.45) is 0.